The van der Waals surface area contributed by atoms with Crippen LogP contribution in [0, 0.1) is 5.92 Å². The minimum atomic E-state index is -0.760. The first kappa shape index (κ1) is 53.4. The Hall–Kier alpha value is -1.59. The van der Waals surface area contributed by atoms with Gasteiger partial charge in [-0.3, -0.25) is 14.4 Å². The summed E-state index contributed by atoms with van der Waals surface area (Å²) in [4.78, 5) is 37.7. The van der Waals surface area contributed by atoms with Crippen molar-refractivity contribution < 1.29 is 28.6 Å². The number of ether oxygens (including phenoxy) is 3. The van der Waals surface area contributed by atoms with E-state index in [9.17, 15) is 14.4 Å². The van der Waals surface area contributed by atoms with Gasteiger partial charge in [-0.05, 0) is 25.2 Å². The molecule has 0 aliphatic carbocycles. The lowest BCUT2D eigenvalue weighted by Gasteiger charge is -2.18. The molecule has 6 nitrogen and oxygen atoms in total. The maximum absolute atomic E-state index is 12.7. The molecule has 2 atom stereocenters. The quantitative estimate of drug-likeness (QED) is 0.0348. The van der Waals surface area contributed by atoms with E-state index in [0.717, 1.165) is 63.7 Å². The molecule has 0 saturated carbocycles. The Morgan fingerprint density at radius 3 is 0.945 bits per heavy atom. The lowest BCUT2D eigenvalue weighted by atomic mass is 10.00. The van der Waals surface area contributed by atoms with Crippen LogP contribution in [0.4, 0.5) is 0 Å². The highest BCUT2D eigenvalue weighted by molar-refractivity contribution is 5.71. The fourth-order valence-electron chi connectivity index (χ4n) is 7.30. The molecule has 0 spiro atoms. The maximum atomic E-state index is 12.7. The van der Waals surface area contributed by atoms with Gasteiger partial charge in [0.15, 0.2) is 6.10 Å². The smallest absolute Gasteiger partial charge is 0.306 e. The van der Waals surface area contributed by atoms with Crippen molar-refractivity contribution in [3.63, 3.8) is 0 Å². The molecule has 0 aromatic heterocycles. The monoisotopic (exact) mass is 779 g/mol. The molecule has 1 unspecified atom stereocenters. The number of hydrogen-bond acceptors (Lipinski definition) is 6. The van der Waals surface area contributed by atoms with Gasteiger partial charge in [0.1, 0.15) is 13.2 Å². The molecule has 55 heavy (non-hydrogen) atoms. The Balaban J connectivity index is 4.22. The third-order valence-electron chi connectivity index (χ3n) is 11.4. The standard InChI is InChI=1S/C49H94O6/c1-5-8-10-12-14-16-17-18-19-20-21-22-23-24-26-28-33-37-41-48(51)54-44-46(43-53-47(50)40-36-32-27-25-15-13-11-9-6-2)55-49(52)42-38-34-30-29-31-35-39-45(4)7-3/h45-46H,5-44H2,1-4H3/t45?,46-/m0/s1. The first-order valence-electron chi connectivity index (χ1n) is 24.4. The molecule has 0 fully saturated rings. The lowest BCUT2D eigenvalue weighted by molar-refractivity contribution is -0.167. The number of esters is 3. The summed E-state index contributed by atoms with van der Waals surface area (Å²) in [6.45, 7) is 8.96. The number of hydrogen-bond donors (Lipinski definition) is 0. The topological polar surface area (TPSA) is 78.9 Å². The Morgan fingerprint density at radius 2 is 0.636 bits per heavy atom. The van der Waals surface area contributed by atoms with Gasteiger partial charge >= 0.3 is 17.9 Å². The first-order chi connectivity index (χ1) is 26.9. The van der Waals surface area contributed by atoms with E-state index in [1.807, 2.05) is 0 Å². The number of carbonyl (C=O) groups is 3. The van der Waals surface area contributed by atoms with Gasteiger partial charge in [-0.15, -0.1) is 0 Å². The highest BCUT2D eigenvalue weighted by Gasteiger charge is 2.19. The average molecular weight is 779 g/mol. The van der Waals surface area contributed by atoms with E-state index in [4.69, 9.17) is 14.2 Å². The van der Waals surface area contributed by atoms with E-state index in [0.29, 0.717) is 19.3 Å². The molecule has 0 aliphatic rings. The highest BCUT2D eigenvalue weighted by atomic mass is 16.6. The maximum Gasteiger partial charge on any atom is 0.306 e. The van der Waals surface area contributed by atoms with E-state index in [1.165, 1.54) is 167 Å². The first-order valence-corrected chi connectivity index (χ1v) is 24.4. The SMILES string of the molecule is CCCCCCCCCCCCCCCCCCCCC(=O)OC[C@H](COC(=O)CCCCCCCCCCC)OC(=O)CCCCCCCCC(C)CC. The van der Waals surface area contributed by atoms with E-state index >= 15 is 0 Å². The number of carbonyl (C=O) groups excluding carboxylic acids is 3. The van der Waals surface area contributed by atoms with Crippen molar-refractivity contribution in [2.45, 2.75) is 278 Å². The molecule has 0 aromatic rings. The van der Waals surface area contributed by atoms with Gasteiger partial charge in [-0.1, -0.05) is 233 Å². The van der Waals surface area contributed by atoms with Gasteiger partial charge in [0.25, 0.3) is 0 Å². The molecular formula is C49H94O6. The molecule has 6 heteroatoms. The minimum Gasteiger partial charge on any atom is -0.462 e. The summed E-state index contributed by atoms with van der Waals surface area (Å²) in [5.41, 5.74) is 0. The molecule has 326 valence electrons. The van der Waals surface area contributed by atoms with Crippen molar-refractivity contribution in [1.82, 2.24) is 0 Å². The second-order valence-electron chi connectivity index (χ2n) is 17.0. The van der Waals surface area contributed by atoms with Crippen LogP contribution in [-0.2, 0) is 28.6 Å². The zero-order valence-electron chi connectivity index (χ0n) is 37.4. The van der Waals surface area contributed by atoms with Crippen LogP contribution in [0.1, 0.15) is 272 Å². The second kappa shape index (κ2) is 43.5. The Morgan fingerprint density at radius 1 is 0.364 bits per heavy atom. The molecule has 0 radical (unpaired) electrons. The van der Waals surface area contributed by atoms with Crippen molar-refractivity contribution in [3.05, 3.63) is 0 Å². The molecule has 0 aromatic carbocycles. The van der Waals surface area contributed by atoms with Crippen LogP contribution in [-0.4, -0.2) is 37.2 Å². The predicted octanol–water partition coefficient (Wildman–Crippen LogP) is 15.5. The van der Waals surface area contributed by atoms with Gasteiger partial charge in [0.2, 0.25) is 0 Å². The molecule has 0 bridgehead atoms. The van der Waals surface area contributed by atoms with E-state index in [1.54, 1.807) is 0 Å². The fourth-order valence-corrected chi connectivity index (χ4v) is 7.30. The minimum absolute atomic E-state index is 0.0644. The summed E-state index contributed by atoms with van der Waals surface area (Å²) in [5.74, 6) is -0.0460. The predicted molar refractivity (Wildman–Crippen MR) is 233 cm³/mol. The van der Waals surface area contributed by atoms with Crippen molar-refractivity contribution in [1.29, 1.82) is 0 Å². The van der Waals surface area contributed by atoms with Crippen molar-refractivity contribution >= 4 is 17.9 Å². The van der Waals surface area contributed by atoms with Gasteiger partial charge in [-0.25, -0.2) is 0 Å². The summed E-state index contributed by atoms with van der Waals surface area (Å²) in [7, 11) is 0. The largest absolute Gasteiger partial charge is 0.462 e. The molecule has 0 saturated heterocycles. The third kappa shape index (κ3) is 41.9. The van der Waals surface area contributed by atoms with Gasteiger partial charge in [-0.2, -0.15) is 0 Å². The molecule has 0 aliphatic heterocycles. The van der Waals surface area contributed by atoms with Crippen LogP contribution < -0.4 is 0 Å². The van der Waals surface area contributed by atoms with Crippen LogP contribution >= 0.6 is 0 Å². The summed E-state index contributed by atoms with van der Waals surface area (Å²) >= 11 is 0. The Kier molecular flexibility index (Phi) is 42.3. The normalized spacial score (nSPS) is 12.4. The van der Waals surface area contributed by atoms with E-state index < -0.39 is 6.10 Å². The fraction of sp³-hybridized carbons (Fsp3) is 0.939. The van der Waals surface area contributed by atoms with Crippen LogP contribution in [0.3, 0.4) is 0 Å². The van der Waals surface area contributed by atoms with Gasteiger partial charge < -0.3 is 14.2 Å². The van der Waals surface area contributed by atoms with E-state index in [-0.39, 0.29) is 31.1 Å². The molecule has 0 amide bonds. The van der Waals surface area contributed by atoms with E-state index in [2.05, 4.69) is 27.7 Å². The zero-order chi connectivity index (χ0) is 40.3. The van der Waals surface area contributed by atoms with Crippen molar-refractivity contribution in [2.75, 3.05) is 13.2 Å². The Bertz CT molecular complexity index is 828. The van der Waals surface area contributed by atoms with Crippen molar-refractivity contribution in [3.8, 4) is 0 Å². The van der Waals surface area contributed by atoms with Crippen LogP contribution in [0.2, 0.25) is 0 Å². The molecule has 0 heterocycles. The summed E-state index contributed by atoms with van der Waals surface area (Å²) < 4.78 is 16.7. The summed E-state index contributed by atoms with van der Waals surface area (Å²) in [6.07, 6.45) is 43.8. The second-order valence-corrected chi connectivity index (χ2v) is 17.0. The van der Waals surface area contributed by atoms with Gasteiger partial charge in [0, 0.05) is 19.3 Å². The molecule has 0 N–H and O–H groups in total. The average Bonchev–Trinajstić information content (AvgIpc) is 3.18. The Labute approximate surface area is 342 Å². The number of rotatable bonds is 44. The zero-order valence-corrected chi connectivity index (χ0v) is 37.4. The highest BCUT2D eigenvalue weighted by Crippen LogP contribution is 2.17. The van der Waals surface area contributed by atoms with Crippen LogP contribution in [0.5, 0.6) is 0 Å². The van der Waals surface area contributed by atoms with Crippen LogP contribution in [0.25, 0.3) is 0 Å². The third-order valence-corrected chi connectivity index (χ3v) is 11.4. The number of unbranched alkanes of at least 4 members (excludes halogenated alkanes) is 30. The summed E-state index contributed by atoms with van der Waals surface area (Å²) in [5, 5.41) is 0. The lowest BCUT2D eigenvalue weighted by Crippen LogP contribution is -2.30. The molecular weight excluding hydrogens is 685 g/mol. The van der Waals surface area contributed by atoms with Gasteiger partial charge in [0.05, 0.1) is 0 Å². The molecule has 0 rings (SSSR count). The van der Waals surface area contributed by atoms with Crippen LogP contribution in [0.15, 0.2) is 0 Å². The summed E-state index contributed by atoms with van der Waals surface area (Å²) in [6, 6.07) is 0. The van der Waals surface area contributed by atoms with Crippen molar-refractivity contribution in [2.24, 2.45) is 5.92 Å².